The lowest BCUT2D eigenvalue weighted by Crippen LogP contribution is -1.96. The van der Waals surface area contributed by atoms with Crippen LogP contribution in [0.15, 0.2) is 45.8 Å². The van der Waals surface area contributed by atoms with Gasteiger partial charge in [0.15, 0.2) is 0 Å². The third kappa shape index (κ3) is 0.836. The molecule has 0 spiro atoms. The number of hydrogen-bond acceptors (Lipinski definition) is 2. The number of nitrogens with one attached hydrogen (secondary N) is 1. The molecule has 1 N–H and O–H groups in total. The first-order valence-electron chi connectivity index (χ1n) is 4.34. The van der Waals surface area contributed by atoms with Gasteiger partial charge in [0.1, 0.15) is 5.52 Å². The highest BCUT2D eigenvalue weighted by Crippen LogP contribution is 2.22. The fraction of sp³-hybridized carbons (Fsp3) is 0. The minimum absolute atomic E-state index is 0.321. The Morgan fingerprint density at radius 2 is 1.93 bits per heavy atom. The van der Waals surface area contributed by atoms with E-state index < -0.39 is 0 Å². The standard InChI is InChI=1S/C11H7NO2/c13-11-10-8(5-6-14-11)7-3-1-2-4-9(7)12-10/h1-6,12H. The number of fused-ring (bicyclic) bond motifs is 3. The quantitative estimate of drug-likeness (QED) is 0.584. The number of aromatic nitrogens is 1. The number of benzene rings is 1. The summed E-state index contributed by atoms with van der Waals surface area (Å²) in [5.41, 5.74) is 1.17. The molecule has 3 heteroatoms. The molecule has 0 bridgehead atoms. The maximum atomic E-state index is 11.4. The summed E-state index contributed by atoms with van der Waals surface area (Å²) in [6.45, 7) is 0. The van der Waals surface area contributed by atoms with Crippen LogP contribution in [0.5, 0.6) is 0 Å². The van der Waals surface area contributed by atoms with E-state index in [2.05, 4.69) is 4.98 Å². The lowest BCUT2D eigenvalue weighted by atomic mass is 10.2. The summed E-state index contributed by atoms with van der Waals surface area (Å²) >= 11 is 0. The first kappa shape index (κ1) is 7.38. The number of H-pyrrole nitrogens is 1. The maximum absolute atomic E-state index is 11.4. The Balaban J connectivity index is 2.70. The second-order valence-corrected chi connectivity index (χ2v) is 3.17. The molecule has 2 heterocycles. The molecule has 2 aromatic heterocycles. The number of para-hydroxylation sites is 1. The second-order valence-electron chi connectivity index (χ2n) is 3.17. The van der Waals surface area contributed by atoms with E-state index in [1.54, 1.807) is 6.07 Å². The molecule has 3 nitrogen and oxygen atoms in total. The minimum Gasteiger partial charge on any atom is -0.430 e. The van der Waals surface area contributed by atoms with Crippen molar-refractivity contribution >= 4 is 21.8 Å². The molecule has 3 aromatic rings. The molecule has 0 atom stereocenters. The van der Waals surface area contributed by atoms with Crippen LogP contribution in [0.3, 0.4) is 0 Å². The van der Waals surface area contributed by atoms with E-state index in [4.69, 9.17) is 4.42 Å². The summed E-state index contributed by atoms with van der Waals surface area (Å²) < 4.78 is 4.78. The molecule has 0 radical (unpaired) electrons. The van der Waals surface area contributed by atoms with Crippen molar-refractivity contribution in [3.8, 4) is 0 Å². The molecule has 0 aliphatic heterocycles. The Kier molecular flexibility index (Phi) is 1.31. The molecular weight excluding hydrogens is 178 g/mol. The van der Waals surface area contributed by atoms with Crippen molar-refractivity contribution in [1.82, 2.24) is 4.98 Å². The van der Waals surface area contributed by atoms with Gasteiger partial charge in [-0.2, -0.15) is 0 Å². The molecule has 0 aliphatic carbocycles. The van der Waals surface area contributed by atoms with Crippen LogP contribution in [0.25, 0.3) is 21.8 Å². The molecule has 0 saturated carbocycles. The molecule has 0 fully saturated rings. The molecule has 0 amide bonds. The summed E-state index contributed by atoms with van der Waals surface area (Å²) in [6, 6.07) is 9.60. The number of aromatic amines is 1. The number of rotatable bonds is 0. The van der Waals surface area contributed by atoms with E-state index >= 15 is 0 Å². The van der Waals surface area contributed by atoms with Crippen LogP contribution in [-0.2, 0) is 0 Å². The van der Waals surface area contributed by atoms with Gasteiger partial charge in [0.05, 0.1) is 6.26 Å². The van der Waals surface area contributed by atoms with Crippen molar-refractivity contribution in [2.75, 3.05) is 0 Å². The van der Waals surface area contributed by atoms with Crippen LogP contribution >= 0.6 is 0 Å². The second kappa shape index (κ2) is 2.48. The number of hydrogen-bond donors (Lipinski definition) is 1. The highest BCUT2D eigenvalue weighted by atomic mass is 16.4. The van der Waals surface area contributed by atoms with E-state index in [-0.39, 0.29) is 5.63 Å². The summed E-state index contributed by atoms with van der Waals surface area (Å²) in [5.74, 6) is 0. The van der Waals surface area contributed by atoms with Crippen molar-refractivity contribution < 1.29 is 4.42 Å². The van der Waals surface area contributed by atoms with Gasteiger partial charge in [-0.1, -0.05) is 18.2 Å². The van der Waals surface area contributed by atoms with Crippen molar-refractivity contribution in [2.24, 2.45) is 0 Å². The normalized spacial score (nSPS) is 11.1. The largest absolute Gasteiger partial charge is 0.430 e. The SMILES string of the molecule is O=c1occc2c1[nH]c1ccccc12. The zero-order valence-electron chi connectivity index (χ0n) is 7.28. The summed E-state index contributed by atoms with van der Waals surface area (Å²) in [7, 11) is 0. The topological polar surface area (TPSA) is 46.0 Å². The van der Waals surface area contributed by atoms with Gasteiger partial charge in [-0.3, -0.25) is 0 Å². The highest BCUT2D eigenvalue weighted by molar-refractivity contribution is 6.06. The Labute approximate surface area is 79.0 Å². The predicted octanol–water partition coefficient (Wildman–Crippen LogP) is 2.27. The first-order chi connectivity index (χ1) is 6.86. The fourth-order valence-corrected chi connectivity index (χ4v) is 1.72. The van der Waals surface area contributed by atoms with Crippen LogP contribution in [0.2, 0.25) is 0 Å². The molecule has 1 aromatic carbocycles. The van der Waals surface area contributed by atoms with E-state index in [1.807, 2.05) is 24.3 Å². The molecule has 14 heavy (non-hydrogen) atoms. The Hall–Kier alpha value is -2.03. The van der Waals surface area contributed by atoms with Gasteiger partial charge in [0.2, 0.25) is 0 Å². The maximum Gasteiger partial charge on any atom is 0.360 e. The third-order valence-corrected chi connectivity index (χ3v) is 2.36. The lowest BCUT2D eigenvalue weighted by molar-refractivity contribution is 0.518. The first-order valence-corrected chi connectivity index (χ1v) is 4.34. The Bertz CT molecular complexity index is 663. The van der Waals surface area contributed by atoms with Crippen molar-refractivity contribution in [3.05, 3.63) is 47.0 Å². The highest BCUT2D eigenvalue weighted by Gasteiger charge is 2.05. The van der Waals surface area contributed by atoms with Gasteiger partial charge in [0, 0.05) is 16.3 Å². The van der Waals surface area contributed by atoms with Gasteiger partial charge < -0.3 is 9.40 Å². The Morgan fingerprint density at radius 1 is 1.07 bits per heavy atom. The van der Waals surface area contributed by atoms with Gasteiger partial charge >= 0.3 is 5.63 Å². The molecular formula is C11H7NO2. The zero-order valence-corrected chi connectivity index (χ0v) is 7.28. The smallest absolute Gasteiger partial charge is 0.360 e. The van der Waals surface area contributed by atoms with Crippen molar-refractivity contribution in [1.29, 1.82) is 0 Å². The predicted molar refractivity (Wildman–Crippen MR) is 54.3 cm³/mol. The van der Waals surface area contributed by atoms with Crippen molar-refractivity contribution in [3.63, 3.8) is 0 Å². The molecule has 0 saturated heterocycles. The van der Waals surface area contributed by atoms with E-state index in [9.17, 15) is 4.79 Å². The monoisotopic (exact) mass is 185 g/mol. The average molecular weight is 185 g/mol. The molecule has 3 rings (SSSR count). The summed E-state index contributed by atoms with van der Waals surface area (Å²) in [6.07, 6.45) is 1.42. The van der Waals surface area contributed by atoms with Crippen LogP contribution < -0.4 is 5.63 Å². The van der Waals surface area contributed by atoms with E-state index in [0.717, 1.165) is 16.3 Å². The van der Waals surface area contributed by atoms with E-state index in [0.29, 0.717) is 5.52 Å². The molecule has 68 valence electrons. The molecule has 0 aliphatic rings. The van der Waals surface area contributed by atoms with Gasteiger partial charge in [-0.05, 0) is 12.1 Å². The summed E-state index contributed by atoms with van der Waals surface area (Å²) in [4.78, 5) is 14.4. The fourth-order valence-electron chi connectivity index (χ4n) is 1.72. The summed E-state index contributed by atoms with van der Waals surface area (Å²) in [5, 5.41) is 1.97. The van der Waals surface area contributed by atoms with Crippen LogP contribution in [0.4, 0.5) is 0 Å². The zero-order chi connectivity index (χ0) is 9.54. The van der Waals surface area contributed by atoms with Crippen LogP contribution in [0.1, 0.15) is 0 Å². The lowest BCUT2D eigenvalue weighted by Gasteiger charge is -1.87. The van der Waals surface area contributed by atoms with E-state index in [1.165, 1.54) is 6.26 Å². The minimum atomic E-state index is -0.321. The Morgan fingerprint density at radius 3 is 2.86 bits per heavy atom. The van der Waals surface area contributed by atoms with Gasteiger partial charge in [-0.15, -0.1) is 0 Å². The van der Waals surface area contributed by atoms with Crippen LogP contribution in [-0.4, -0.2) is 4.98 Å². The van der Waals surface area contributed by atoms with Gasteiger partial charge in [-0.25, -0.2) is 4.79 Å². The van der Waals surface area contributed by atoms with Gasteiger partial charge in [0.25, 0.3) is 0 Å². The average Bonchev–Trinajstić information content (AvgIpc) is 2.59. The molecule has 0 unspecified atom stereocenters. The third-order valence-electron chi connectivity index (χ3n) is 2.36. The van der Waals surface area contributed by atoms with Crippen molar-refractivity contribution in [2.45, 2.75) is 0 Å². The van der Waals surface area contributed by atoms with Crippen LogP contribution in [0, 0.1) is 0 Å².